The van der Waals surface area contributed by atoms with Crippen molar-refractivity contribution in [3.05, 3.63) is 64.0 Å². The third-order valence-corrected chi connectivity index (χ3v) is 6.19. The molecule has 1 saturated heterocycles. The van der Waals surface area contributed by atoms with Gasteiger partial charge >= 0.3 is 0 Å². The highest BCUT2D eigenvalue weighted by molar-refractivity contribution is 7.71. The molecule has 1 aromatic carbocycles. The first-order chi connectivity index (χ1) is 14.5. The van der Waals surface area contributed by atoms with Crippen LogP contribution in [0, 0.1) is 18.6 Å². The first kappa shape index (κ1) is 20.3. The second-order valence-electron chi connectivity index (χ2n) is 7.71. The van der Waals surface area contributed by atoms with Crippen molar-refractivity contribution in [3.63, 3.8) is 0 Å². The maximum absolute atomic E-state index is 12.8. The van der Waals surface area contributed by atoms with Crippen molar-refractivity contribution in [2.45, 2.75) is 32.6 Å². The standard InChI is InChI=1S/C22H26N6OS/c1-15-19(16(2)28(25-15)18-7-5-4-6-8-18)9-10-20(29)27-13-11-17(12-14-27)21-23-24-22(30)26(21)3/h4-10,17H,11-14H2,1-3H3,(H,24,30). The number of piperidine rings is 1. The first-order valence-electron chi connectivity index (χ1n) is 10.2. The molecule has 0 radical (unpaired) electrons. The van der Waals surface area contributed by atoms with Crippen LogP contribution in [0.1, 0.15) is 41.5 Å². The van der Waals surface area contributed by atoms with Crippen molar-refractivity contribution < 1.29 is 4.79 Å². The van der Waals surface area contributed by atoms with E-state index in [2.05, 4.69) is 15.3 Å². The summed E-state index contributed by atoms with van der Waals surface area (Å²) in [6, 6.07) is 10.0. The van der Waals surface area contributed by atoms with Gasteiger partial charge in [0, 0.05) is 43.4 Å². The summed E-state index contributed by atoms with van der Waals surface area (Å²) >= 11 is 5.21. The molecule has 0 unspecified atom stereocenters. The fourth-order valence-electron chi connectivity index (χ4n) is 4.06. The van der Waals surface area contributed by atoms with Gasteiger partial charge in [0.25, 0.3) is 0 Å². The number of aromatic nitrogens is 5. The molecule has 0 saturated carbocycles. The Labute approximate surface area is 181 Å². The lowest BCUT2D eigenvalue weighted by Gasteiger charge is -2.30. The predicted molar refractivity (Wildman–Crippen MR) is 119 cm³/mol. The number of amides is 1. The highest BCUT2D eigenvalue weighted by Gasteiger charge is 2.25. The minimum Gasteiger partial charge on any atom is -0.339 e. The van der Waals surface area contributed by atoms with Crippen LogP contribution in [0.5, 0.6) is 0 Å². The number of hydrogen-bond donors (Lipinski definition) is 1. The molecule has 2 aromatic heterocycles. The second kappa shape index (κ2) is 8.39. The van der Waals surface area contributed by atoms with E-state index >= 15 is 0 Å². The number of aryl methyl sites for hydroxylation is 1. The van der Waals surface area contributed by atoms with Crippen LogP contribution < -0.4 is 0 Å². The van der Waals surface area contributed by atoms with Crippen LogP contribution in [-0.4, -0.2) is 48.4 Å². The topological polar surface area (TPSA) is 71.7 Å². The Kier molecular flexibility index (Phi) is 5.67. The number of para-hydroxylation sites is 1. The maximum atomic E-state index is 12.8. The molecule has 1 aliphatic heterocycles. The molecule has 7 nitrogen and oxygen atoms in total. The minimum absolute atomic E-state index is 0.0371. The van der Waals surface area contributed by atoms with Crippen molar-refractivity contribution in [1.82, 2.24) is 29.4 Å². The van der Waals surface area contributed by atoms with E-state index in [1.165, 1.54) is 0 Å². The van der Waals surface area contributed by atoms with E-state index in [-0.39, 0.29) is 5.91 Å². The molecule has 30 heavy (non-hydrogen) atoms. The number of hydrogen-bond acceptors (Lipinski definition) is 4. The van der Waals surface area contributed by atoms with Crippen LogP contribution in [-0.2, 0) is 11.8 Å². The Balaban J connectivity index is 1.43. The summed E-state index contributed by atoms with van der Waals surface area (Å²) in [6.45, 7) is 5.43. The molecule has 3 heterocycles. The SMILES string of the molecule is Cc1nn(-c2ccccc2)c(C)c1C=CC(=O)N1CCC(c2n[nH]c(=S)n2C)CC1. The van der Waals surface area contributed by atoms with E-state index in [1.807, 2.05) is 71.5 Å². The molecule has 156 valence electrons. The van der Waals surface area contributed by atoms with Crippen LogP contribution in [0.25, 0.3) is 11.8 Å². The van der Waals surface area contributed by atoms with E-state index in [1.54, 1.807) is 6.08 Å². The van der Waals surface area contributed by atoms with Gasteiger partial charge in [-0.15, -0.1) is 0 Å². The average molecular weight is 423 g/mol. The number of benzene rings is 1. The van der Waals surface area contributed by atoms with Gasteiger partial charge in [0.1, 0.15) is 5.82 Å². The molecule has 0 aliphatic carbocycles. The number of nitrogens with one attached hydrogen (secondary N) is 1. The third-order valence-electron chi connectivity index (χ3n) is 5.83. The lowest BCUT2D eigenvalue weighted by atomic mass is 9.96. The van der Waals surface area contributed by atoms with Crippen LogP contribution in [0.3, 0.4) is 0 Å². The fourth-order valence-corrected chi connectivity index (χ4v) is 4.20. The molecule has 1 fully saturated rings. The number of H-pyrrole nitrogens is 1. The van der Waals surface area contributed by atoms with Gasteiger partial charge in [-0.3, -0.25) is 9.89 Å². The van der Waals surface area contributed by atoms with Crippen molar-refractivity contribution in [2.24, 2.45) is 7.05 Å². The molecule has 1 N–H and O–H groups in total. The quantitative estimate of drug-likeness (QED) is 0.514. The number of carbonyl (C=O) groups is 1. The normalized spacial score (nSPS) is 15.2. The van der Waals surface area contributed by atoms with Gasteiger partial charge in [0.2, 0.25) is 5.91 Å². The molecule has 4 rings (SSSR count). The molecule has 0 bridgehead atoms. The third kappa shape index (κ3) is 3.87. The summed E-state index contributed by atoms with van der Waals surface area (Å²) in [4.78, 5) is 14.7. The number of rotatable bonds is 4. The zero-order valence-electron chi connectivity index (χ0n) is 17.5. The average Bonchev–Trinajstić information content (AvgIpc) is 3.25. The first-order valence-corrected chi connectivity index (χ1v) is 10.6. The van der Waals surface area contributed by atoms with Gasteiger partial charge in [0.15, 0.2) is 4.77 Å². The molecule has 1 aliphatic rings. The monoisotopic (exact) mass is 422 g/mol. The smallest absolute Gasteiger partial charge is 0.246 e. The van der Waals surface area contributed by atoms with Gasteiger partial charge in [-0.1, -0.05) is 18.2 Å². The van der Waals surface area contributed by atoms with E-state index in [4.69, 9.17) is 12.2 Å². The lowest BCUT2D eigenvalue weighted by Crippen LogP contribution is -2.37. The second-order valence-corrected chi connectivity index (χ2v) is 8.10. The van der Waals surface area contributed by atoms with Gasteiger partial charge in [-0.05, 0) is 57.1 Å². The van der Waals surface area contributed by atoms with Gasteiger partial charge in [0.05, 0.1) is 11.4 Å². The Morgan fingerprint density at radius 1 is 1.20 bits per heavy atom. The molecule has 8 heteroatoms. The van der Waals surface area contributed by atoms with E-state index < -0.39 is 0 Å². The summed E-state index contributed by atoms with van der Waals surface area (Å²) in [6.07, 6.45) is 5.33. The molecule has 0 atom stereocenters. The zero-order valence-corrected chi connectivity index (χ0v) is 18.3. The molecule has 0 spiro atoms. The van der Waals surface area contributed by atoms with Gasteiger partial charge in [-0.2, -0.15) is 10.2 Å². The van der Waals surface area contributed by atoms with Gasteiger partial charge in [-0.25, -0.2) is 4.68 Å². The van der Waals surface area contributed by atoms with Crippen molar-refractivity contribution in [3.8, 4) is 5.69 Å². The van der Waals surface area contributed by atoms with Crippen molar-refractivity contribution in [2.75, 3.05) is 13.1 Å². The Hall–Kier alpha value is -3.00. The molecular formula is C22H26N6OS. The molecule has 3 aromatic rings. The van der Waals surface area contributed by atoms with Crippen LogP contribution >= 0.6 is 12.2 Å². The lowest BCUT2D eigenvalue weighted by molar-refractivity contribution is -0.127. The predicted octanol–water partition coefficient (Wildman–Crippen LogP) is 3.70. The summed E-state index contributed by atoms with van der Waals surface area (Å²) in [5.74, 6) is 1.34. The van der Waals surface area contributed by atoms with E-state index in [0.717, 1.165) is 41.3 Å². The Morgan fingerprint density at radius 3 is 2.53 bits per heavy atom. The number of nitrogens with zero attached hydrogens (tertiary/aromatic N) is 5. The van der Waals surface area contributed by atoms with Crippen LogP contribution in [0.15, 0.2) is 36.4 Å². The number of carbonyl (C=O) groups excluding carboxylic acids is 1. The van der Waals surface area contributed by atoms with Crippen LogP contribution in [0.4, 0.5) is 0 Å². The largest absolute Gasteiger partial charge is 0.339 e. The highest BCUT2D eigenvalue weighted by atomic mass is 32.1. The summed E-state index contributed by atoms with van der Waals surface area (Å²) in [5, 5.41) is 11.8. The summed E-state index contributed by atoms with van der Waals surface area (Å²) < 4.78 is 4.48. The zero-order chi connectivity index (χ0) is 21.3. The van der Waals surface area contributed by atoms with E-state index in [9.17, 15) is 4.79 Å². The van der Waals surface area contributed by atoms with Crippen molar-refractivity contribution in [1.29, 1.82) is 0 Å². The fraction of sp³-hybridized carbons (Fsp3) is 0.364. The summed E-state index contributed by atoms with van der Waals surface area (Å²) in [5.41, 5.74) is 3.93. The Bertz CT molecular complexity index is 1130. The van der Waals surface area contributed by atoms with Crippen molar-refractivity contribution >= 4 is 24.2 Å². The number of likely N-dealkylation sites (tertiary alicyclic amines) is 1. The Morgan fingerprint density at radius 2 is 1.90 bits per heavy atom. The summed E-state index contributed by atoms with van der Waals surface area (Å²) in [7, 11) is 1.93. The maximum Gasteiger partial charge on any atom is 0.246 e. The molecule has 1 amide bonds. The van der Waals surface area contributed by atoms with Gasteiger partial charge < -0.3 is 9.47 Å². The van der Waals surface area contributed by atoms with Crippen LogP contribution in [0.2, 0.25) is 0 Å². The highest BCUT2D eigenvalue weighted by Crippen LogP contribution is 2.26. The number of aromatic amines is 1. The minimum atomic E-state index is 0.0371. The van der Waals surface area contributed by atoms with E-state index in [0.29, 0.717) is 23.8 Å². The molecular weight excluding hydrogens is 396 g/mol.